The highest BCUT2D eigenvalue weighted by atomic mass is 16.5. The summed E-state index contributed by atoms with van der Waals surface area (Å²) in [5.41, 5.74) is 0.589. The number of pyridine rings is 2. The average molecular weight is 446 g/mol. The van der Waals surface area contributed by atoms with Crippen LogP contribution in [0.3, 0.4) is 0 Å². The van der Waals surface area contributed by atoms with E-state index in [0.717, 1.165) is 24.5 Å². The molecular formula is C24H27N7O2. The summed E-state index contributed by atoms with van der Waals surface area (Å²) >= 11 is 0. The molecule has 1 saturated heterocycles. The van der Waals surface area contributed by atoms with Crippen LogP contribution < -0.4 is 15.0 Å². The molecule has 0 aromatic carbocycles. The Kier molecular flexibility index (Phi) is 6.27. The molecule has 33 heavy (non-hydrogen) atoms. The lowest BCUT2D eigenvalue weighted by Crippen LogP contribution is -2.49. The van der Waals surface area contributed by atoms with E-state index in [2.05, 4.69) is 30.2 Å². The maximum absolute atomic E-state index is 12.9. The molecule has 3 aromatic heterocycles. The van der Waals surface area contributed by atoms with Crippen LogP contribution in [-0.4, -0.2) is 63.0 Å². The standard InChI is InChI=1S/C24H27N7O2/c32-24(18-8-9-23(26-16-18)33-19-5-1-2-6-19)31-13-11-30(12-14-31)22-15-21(27-17-28-22)29-20-7-3-4-10-25-20/h3-4,7-10,15-17,19H,1-2,5-6,11-14H2,(H,25,27,28,29). The largest absolute Gasteiger partial charge is 0.474 e. The van der Waals surface area contributed by atoms with E-state index in [1.165, 1.54) is 12.8 Å². The first-order valence-electron chi connectivity index (χ1n) is 11.4. The lowest BCUT2D eigenvalue weighted by molar-refractivity contribution is 0.0746. The zero-order chi connectivity index (χ0) is 22.5. The molecule has 170 valence electrons. The quantitative estimate of drug-likeness (QED) is 0.617. The molecule has 0 bridgehead atoms. The number of amides is 1. The number of aromatic nitrogens is 4. The Balaban J connectivity index is 1.16. The van der Waals surface area contributed by atoms with Crippen molar-refractivity contribution >= 4 is 23.4 Å². The van der Waals surface area contributed by atoms with Gasteiger partial charge in [0.1, 0.15) is 29.9 Å². The molecule has 1 saturated carbocycles. The topological polar surface area (TPSA) is 96.4 Å². The summed E-state index contributed by atoms with van der Waals surface area (Å²) in [5.74, 6) is 2.83. The zero-order valence-electron chi connectivity index (χ0n) is 18.4. The number of anilines is 3. The van der Waals surface area contributed by atoms with Crippen LogP contribution in [0, 0.1) is 0 Å². The fourth-order valence-electron chi connectivity index (χ4n) is 4.23. The van der Waals surface area contributed by atoms with Crippen molar-refractivity contribution < 1.29 is 9.53 Å². The van der Waals surface area contributed by atoms with Crippen LogP contribution in [0.4, 0.5) is 17.5 Å². The Hall–Kier alpha value is -3.75. The molecular weight excluding hydrogens is 418 g/mol. The van der Waals surface area contributed by atoms with Gasteiger partial charge in [-0.05, 0) is 43.9 Å². The number of carbonyl (C=O) groups is 1. The molecule has 0 atom stereocenters. The van der Waals surface area contributed by atoms with Crippen LogP contribution in [0.2, 0.25) is 0 Å². The highest BCUT2D eigenvalue weighted by molar-refractivity contribution is 5.94. The van der Waals surface area contributed by atoms with Crippen molar-refractivity contribution in [3.63, 3.8) is 0 Å². The SMILES string of the molecule is O=C(c1ccc(OC2CCCC2)nc1)N1CCN(c2cc(Nc3ccccn3)ncn2)CC1. The first-order chi connectivity index (χ1) is 16.2. The summed E-state index contributed by atoms with van der Waals surface area (Å²) in [5, 5.41) is 3.19. The Morgan fingerprint density at radius 2 is 1.79 bits per heavy atom. The van der Waals surface area contributed by atoms with Crippen LogP contribution in [-0.2, 0) is 0 Å². The zero-order valence-corrected chi connectivity index (χ0v) is 18.4. The number of ether oxygens (including phenoxy) is 1. The van der Waals surface area contributed by atoms with E-state index in [4.69, 9.17) is 4.74 Å². The highest BCUT2D eigenvalue weighted by Gasteiger charge is 2.24. The van der Waals surface area contributed by atoms with Gasteiger partial charge in [-0.1, -0.05) is 6.07 Å². The van der Waals surface area contributed by atoms with E-state index in [0.29, 0.717) is 43.4 Å². The van der Waals surface area contributed by atoms with E-state index in [1.54, 1.807) is 24.8 Å². The van der Waals surface area contributed by atoms with Crippen molar-refractivity contribution in [2.24, 2.45) is 0 Å². The molecule has 9 nitrogen and oxygen atoms in total. The first kappa shape index (κ1) is 21.1. The third kappa shape index (κ3) is 5.19. The van der Waals surface area contributed by atoms with Crippen molar-refractivity contribution in [1.29, 1.82) is 0 Å². The number of carbonyl (C=O) groups excluding carboxylic acids is 1. The summed E-state index contributed by atoms with van der Waals surface area (Å²) in [6, 6.07) is 11.2. The van der Waals surface area contributed by atoms with Crippen LogP contribution in [0.15, 0.2) is 55.1 Å². The van der Waals surface area contributed by atoms with Gasteiger partial charge in [-0.25, -0.2) is 19.9 Å². The maximum Gasteiger partial charge on any atom is 0.255 e. The second kappa shape index (κ2) is 9.81. The van der Waals surface area contributed by atoms with Gasteiger partial charge >= 0.3 is 0 Å². The maximum atomic E-state index is 12.9. The van der Waals surface area contributed by atoms with Crippen LogP contribution in [0.1, 0.15) is 36.0 Å². The first-order valence-corrected chi connectivity index (χ1v) is 11.4. The fraction of sp³-hybridized carbons (Fsp3) is 0.375. The Morgan fingerprint density at radius 1 is 0.939 bits per heavy atom. The lowest BCUT2D eigenvalue weighted by atomic mass is 10.2. The number of rotatable bonds is 6. The highest BCUT2D eigenvalue weighted by Crippen LogP contribution is 2.23. The summed E-state index contributed by atoms with van der Waals surface area (Å²) in [6.07, 6.45) is 9.74. The molecule has 0 unspecified atom stereocenters. The van der Waals surface area contributed by atoms with Crippen LogP contribution in [0.5, 0.6) is 5.88 Å². The monoisotopic (exact) mass is 445 g/mol. The predicted octanol–water partition coefficient (Wildman–Crippen LogP) is 3.29. The molecule has 4 heterocycles. The molecule has 2 fully saturated rings. The minimum Gasteiger partial charge on any atom is -0.474 e. The van der Waals surface area contributed by atoms with Gasteiger partial charge < -0.3 is 19.9 Å². The van der Waals surface area contributed by atoms with Crippen molar-refractivity contribution in [3.8, 4) is 5.88 Å². The minimum atomic E-state index is -0.00485. The second-order valence-electron chi connectivity index (χ2n) is 8.29. The van der Waals surface area contributed by atoms with Crippen molar-refractivity contribution in [1.82, 2.24) is 24.8 Å². The third-order valence-corrected chi connectivity index (χ3v) is 6.04. The van der Waals surface area contributed by atoms with E-state index in [9.17, 15) is 4.79 Å². The van der Waals surface area contributed by atoms with Crippen LogP contribution in [0.25, 0.3) is 0 Å². The number of nitrogens with one attached hydrogen (secondary N) is 1. The second-order valence-corrected chi connectivity index (χ2v) is 8.29. The Labute approximate surface area is 192 Å². The van der Waals surface area contributed by atoms with Gasteiger partial charge in [-0.15, -0.1) is 0 Å². The van der Waals surface area contributed by atoms with Gasteiger partial charge in [0.05, 0.1) is 5.56 Å². The van der Waals surface area contributed by atoms with Gasteiger partial charge in [0.15, 0.2) is 0 Å². The van der Waals surface area contributed by atoms with E-state index in [-0.39, 0.29) is 12.0 Å². The molecule has 1 amide bonds. The third-order valence-electron chi connectivity index (χ3n) is 6.04. The summed E-state index contributed by atoms with van der Waals surface area (Å²) in [7, 11) is 0. The van der Waals surface area contributed by atoms with Crippen molar-refractivity contribution in [2.75, 3.05) is 36.4 Å². The average Bonchev–Trinajstić information content (AvgIpc) is 3.38. The molecule has 2 aliphatic rings. The number of nitrogens with zero attached hydrogens (tertiary/aromatic N) is 6. The smallest absolute Gasteiger partial charge is 0.255 e. The molecule has 1 aliphatic heterocycles. The van der Waals surface area contributed by atoms with Gasteiger partial charge in [-0.3, -0.25) is 4.79 Å². The molecule has 1 N–H and O–H groups in total. The van der Waals surface area contributed by atoms with Gasteiger partial charge in [0, 0.05) is 50.7 Å². The number of hydrogen-bond donors (Lipinski definition) is 1. The molecule has 5 rings (SSSR count). The van der Waals surface area contributed by atoms with Crippen molar-refractivity contribution in [3.05, 3.63) is 60.7 Å². The molecule has 9 heteroatoms. The Morgan fingerprint density at radius 3 is 2.52 bits per heavy atom. The van der Waals surface area contributed by atoms with Gasteiger partial charge in [0.25, 0.3) is 5.91 Å². The Bertz CT molecular complexity index is 1060. The van der Waals surface area contributed by atoms with Crippen molar-refractivity contribution in [2.45, 2.75) is 31.8 Å². The number of hydrogen-bond acceptors (Lipinski definition) is 8. The van der Waals surface area contributed by atoms with Gasteiger partial charge in [-0.2, -0.15) is 0 Å². The summed E-state index contributed by atoms with van der Waals surface area (Å²) in [6.45, 7) is 2.63. The lowest BCUT2D eigenvalue weighted by Gasteiger charge is -2.35. The minimum absolute atomic E-state index is 0.00485. The molecule has 1 aliphatic carbocycles. The van der Waals surface area contributed by atoms with E-state index in [1.807, 2.05) is 35.2 Å². The van der Waals surface area contributed by atoms with E-state index < -0.39 is 0 Å². The molecule has 0 radical (unpaired) electrons. The van der Waals surface area contributed by atoms with Crippen LogP contribution >= 0.6 is 0 Å². The molecule has 3 aromatic rings. The summed E-state index contributed by atoms with van der Waals surface area (Å²) in [4.78, 5) is 34.3. The van der Waals surface area contributed by atoms with E-state index >= 15 is 0 Å². The number of piperazine rings is 1. The molecule has 0 spiro atoms. The normalized spacial score (nSPS) is 16.6. The van der Waals surface area contributed by atoms with Gasteiger partial charge in [0.2, 0.25) is 5.88 Å². The predicted molar refractivity (Wildman–Crippen MR) is 125 cm³/mol. The summed E-state index contributed by atoms with van der Waals surface area (Å²) < 4.78 is 5.90. The fourth-order valence-corrected chi connectivity index (χ4v) is 4.23.